The van der Waals surface area contributed by atoms with Gasteiger partial charge in [-0.3, -0.25) is 4.79 Å². The highest BCUT2D eigenvalue weighted by Crippen LogP contribution is 2.40. The van der Waals surface area contributed by atoms with Gasteiger partial charge in [-0.05, 0) is 63.6 Å². The van der Waals surface area contributed by atoms with E-state index < -0.39 is 0 Å². The van der Waals surface area contributed by atoms with E-state index in [-0.39, 0.29) is 11.4 Å². The first-order valence-electron chi connectivity index (χ1n) is 9.55. The molecule has 5 nitrogen and oxygen atoms in total. The van der Waals surface area contributed by atoms with E-state index in [2.05, 4.69) is 49.2 Å². The molecule has 3 rings (SSSR count). The van der Waals surface area contributed by atoms with Crippen LogP contribution in [0.2, 0.25) is 5.02 Å². The summed E-state index contributed by atoms with van der Waals surface area (Å²) in [6.45, 7) is 9.51. The Bertz CT molecular complexity index is 996. The van der Waals surface area contributed by atoms with Crippen molar-refractivity contribution in [1.82, 2.24) is 5.43 Å². The lowest BCUT2D eigenvalue weighted by molar-refractivity contribution is 0.0955. The fourth-order valence-corrected chi connectivity index (χ4v) is 3.99. The molecule has 0 spiro atoms. The molecule has 0 fully saturated rings. The van der Waals surface area contributed by atoms with Gasteiger partial charge in [0.05, 0.1) is 23.9 Å². The predicted molar refractivity (Wildman–Crippen MR) is 120 cm³/mol. The van der Waals surface area contributed by atoms with Gasteiger partial charge >= 0.3 is 0 Å². The predicted octanol–water partition coefficient (Wildman–Crippen LogP) is 5.13. The maximum atomic E-state index is 12.3. The lowest BCUT2D eigenvalue weighted by atomic mass is 9.88. The number of carbonyl (C=O) groups is 1. The molecule has 6 heteroatoms. The van der Waals surface area contributed by atoms with Crippen LogP contribution < -0.4 is 15.1 Å². The number of benzene rings is 2. The van der Waals surface area contributed by atoms with Crippen LogP contribution in [-0.4, -0.2) is 31.3 Å². The zero-order valence-corrected chi connectivity index (χ0v) is 18.2. The number of likely N-dealkylation sites (N-methyl/N-ethyl adjacent to an activating group) is 1. The molecule has 0 unspecified atom stereocenters. The van der Waals surface area contributed by atoms with Crippen molar-refractivity contribution < 1.29 is 9.53 Å². The van der Waals surface area contributed by atoms with Crippen LogP contribution in [0.25, 0.3) is 5.57 Å². The third-order valence-electron chi connectivity index (χ3n) is 5.11. The second-order valence-corrected chi connectivity index (χ2v) is 7.95. The van der Waals surface area contributed by atoms with Crippen LogP contribution >= 0.6 is 11.6 Å². The lowest BCUT2D eigenvalue weighted by Crippen LogP contribution is -2.44. The molecule has 0 atom stereocenters. The average Bonchev–Trinajstić information content (AvgIpc) is 2.68. The molecular formula is C23H26ClN3O2. The minimum absolute atomic E-state index is 0.0739. The largest absolute Gasteiger partial charge is 0.497 e. The van der Waals surface area contributed by atoms with Crippen molar-refractivity contribution >= 4 is 35.0 Å². The van der Waals surface area contributed by atoms with E-state index in [1.165, 1.54) is 5.57 Å². The number of hydrazone groups is 1. The number of rotatable bonds is 5. The SMILES string of the molecule is CCN1c2cc(Cl)c(/C=N\NC(=O)c3cccc(OC)c3)cc2C(C)=CC1(C)C. The third-order valence-corrected chi connectivity index (χ3v) is 5.44. The van der Waals surface area contributed by atoms with E-state index in [0.717, 1.165) is 23.4 Å². The van der Waals surface area contributed by atoms with Gasteiger partial charge in [0, 0.05) is 28.9 Å². The number of nitrogens with zero attached hydrogens (tertiary/aromatic N) is 2. The summed E-state index contributed by atoms with van der Waals surface area (Å²) in [5.74, 6) is 0.300. The number of amides is 1. The zero-order chi connectivity index (χ0) is 21.2. The summed E-state index contributed by atoms with van der Waals surface area (Å²) in [5, 5.41) is 4.68. The van der Waals surface area contributed by atoms with Gasteiger partial charge in [0.1, 0.15) is 5.75 Å². The summed E-state index contributed by atoms with van der Waals surface area (Å²) >= 11 is 6.53. The number of ether oxygens (including phenoxy) is 1. The van der Waals surface area contributed by atoms with Gasteiger partial charge in [-0.2, -0.15) is 5.10 Å². The maximum absolute atomic E-state index is 12.3. The molecule has 0 saturated heterocycles. The van der Waals surface area contributed by atoms with Gasteiger partial charge in [-0.1, -0.05) is 23.7 Å². The van der Waals surface area contributed by atoms with Crippen molar-refractivity contribution in [3.63, 3.8) is 0 Å². The summed E-state index contributed by atoms with van der Waals surface area (Å²) < 4.78 is 5.14. The van der Waals surface area contributed by atoms with Crippen LogP contribution in [0, 0.1) is 0 Å². The van der Waals surface area contributed by atoms with Gasteiger partial charge < -0.3 is 9.64 Å². The molecule has 0 saturated carbocycles. The molecule has 1 aliphatic heterocycles. The molecule has 0 bridgehead atoms. The van der Waals surface area contributed by atoms with E-state index in [4.69, 9.17) is 16.3 Å². The minimum Gasteiger partial charge on any atom is -0.497 e. The van der Waals surface area contributed by atoms with Crippen molar-refractivity contribution in [3.8, 4) is 5.75 Å². The van der Waals surface area contributed by atoms with Crippen molar-refractivity contribution in [1.29, 1.82) is 0 Å². The average molecular weight is 412 g/mol. The fourth-order valence-electron chi connectivity index (χ4n) is 3.78. The second-order valence-electron chi connectivity index (χ2n) is 7.55. The van der Waals surface area contributed by atoms with Gasteiger partial charge in [0.2, 0.25) is 0 Å². The Labute approximate surface area is 177 Å². The van der Waals surface area contributed by atoms with Crippen LogP contribution in [0.15, 0.2) is 47.6 Å². The molecule has 1 N–H and O–H groups in total. The Morgan fingerprint density at radius 1 is 1.31 bits per heavy atom. The number of fused-ring (bicyclic) bond motifs is 1. The number of hydrogen-bond acceptors (Lipinski definition) is 4. The van der Waals surface area contributed by atoms with Crippen molar-refractivity contribution in [2.75, 3.05) is 18.6 Å². The normalized spacial score (nSPS) is 15.1. The first-order valence-corrected chi connectivity index (χ1v) is 9.93. The van der Waals surface area contributed by atoms with Crippen molar-refractivity contribution in [2.24, 2.45) is 5.10 Å². The highest BCUT2D eigenvalue weighted by molar-refractivity contribution is 6.33. The van der Waals surface area contributed by atoms with Crippen LogP contribution in [0.4, 0.5) is 5.69 Å². The standard InChI is InChI=1S/C23H26ClN3O2/c1-6-27-21-12-20(24)17(11-19(21)15(2)13-23(27,3)4)14-25-26-22(28)16-8-7-9-18(10-16)29-5/h7-14H,6H2,1-5H3,(H,26,28)/b25-14-. The third kappa shape index (κ3) is 4.30. The molecule has 2 aromatic rings. The number of allylic oxidation sites excluding steroid dienone is 1. The molecule has 0 aliphatic carbocycles. The summed E-state index contributed by atoms with van der Waals surface area (Å²) in [6, 6.07) is 10.9. The highest BCUT2D eigenvalue weighted by Gasteiger charge is 2.30. The molecule has 1 heterocycles. The number of anilines is 1. The number of carbonyl (C=O) groups excluding carboxylic acids is 1. The number of nitrogens with one attached hydrogen (secondary N) is 1. The lowest BCUT2D eigenvalue weighted by Gasteiger charge is -2.43. The van der Waals surface area contributed by atoms with E-state index >= 15 is 0 Å². The minimum atomic E-state index is -0.316. The Morgan fingerprint density at radius 3 is 2.76 bits per heavy atom. The van der Waals surface area contributed by atoms with E-state index in [0.29, 0.717) is 16.3 Å². The first-order chi connectivity index (χ1) is 13.8. The fraction of sp³-hybridized carbons (Fsp3) is 0.304. The smallest absolute Gasteiger partial charge is 0.271 e. The molecule has 0 radical (unpaired) electrons. The van der Waals surface area contributed by atoms with E-state index in [1.807, 2.05) is 12.1 Å². The molecule has 0 aromatic heterocycles. The van der Waals surface area contributed by atoms with Crippen LogP contribution in [-0.2, 0) is 0 Å². The quantitative estimate of drug-likeness (QED) is 0.547. The molecule has 1 amide bonds. The van der Waals surface area contributed by atoms with Crippen LogP contribution in [0.5, 0.6) is 5.75 Å². The Kier molecular flexibility index (Phi) is 5.99. The highest BCUT2D eigenvalue weighted by atomic mass is 35.5. The Morgan fingerprint density at radius 2 is 2.07 bits per heavy atom. The molecule has 1 aliphatic rings. The first kappa shape index (κ1) is 20.9. The van der Waals surface area contributed by atoms with Gasteiger partial charge in [-0.15, -0.1) is 0 Å². The monoisotopic (exact) mass is 411 g/mol. The number of hydrogen-bond donors (Lipinski definition) is 1. The Balaban J connectivity index is 1.84. The maximum Gasteiger partial charge on any atom is 0.271 e. The van der Waals surface area contributed by atoms with Gasteiger partial charge in [0.15, 0.2) is 0 Å². The summed E-state index contributed by atoms with van der Waals surface area (Å²) in [5.41, 5.74) is 7.12. The van der Waals surface area contributed by atoms with Crippen molar-refractivity contribution in [3.05, 3.63) is 64.2 Å². The molecule has 2 aromatic carbocycles. The second kappa shape index (κ2) is 8.29. The molecular weight excluding hydrogens is 386 g/mol. The molecule has 29 heavy (non-hydrogen) atoms. The van der Waals surface area contributed by atoms with E-state index in [1.54, 1.807) is 37.6 Å². The van der Waals surface area contributed by atoms with Crippen LogP contribution in [0.3, 0.4) is 0 Å². The number of methoxy groups -OCH3 is 1. The van der Waals surface area contributed by atoms with E-state index in [9.17, 15) is 4.79 Å². The summed E-state index contributed by atoms with van der Waals surface area (Å²) in [6.07, 6.45) is 3.84. The molecule has 152 valence electrons. The summed E-state index contributed by atoms with van der Waals surface area (Å²) in [7, 11) is 1.56. The Hall–Kier alpha value is -2.79. The zero-order valence-electron chi connectivity index (χ0n) is 17.4. The van der Waals surface area contributed by atoms with Crippen LogP contribution in [0.1, 0.15) is 49.2 Å². The van der Waals surface area contributed by atoms with Gasteiger partial charge in [0.25, 0.3) is 5.91 Å². The van der Waals surface area contributed by atoms with Crippen molar-refractivity contribution in [2.45, 2.75) is 33.2 Å². The summed E-state index contributed by atoms with van der Waals surface area (Å²) in [4.78, 5) is 14.6. The topological polar surface area (TPSA) is 53.9 Å². The van der Waals surface area contributed by atoms with Gasteiger partial charge in [-0.25, -0.2) is 5.43 Å². The number of halogens is 1.